The van der Waals surface area contributed by atoms with E-state index in [4.69, 9.17) is 0 Å². The van der Waals surface area contributed by atoms with Crippen molar-refractivity contribution in [2.75, 3.05) is 6.61 Å². The van der Waals surface area contributed by atoms with E-state index < -0.39 is 0 Å². The molecule has 0 saturated heterocycles. The second-order valence-electron chi connectivity index (χ2n) is 0.575. The van der Waals surface area contributed by atoms with Crippen LogP contribution in [0.1, 0.15) is 6.92 Å². The second kappa shape index (κ2) is 15.8. The van der Waals surface area contributed by atoms with Gasteiger partial charge in [-0.3, -0.25) is 6.61 Å². The quantitative estimate of drug-likeness (QED) is 0.240. The summed E-state index contributed by atoms with van der Waals surface area (Å²) < 4.78 is 0. The molecule has 0 aromatic heterocycles. The third-order valence-corrected chi connectivity index (χ3v) is 0.167. The molecule has 0 heterocycles. The Morgan fingerprint density at radius 3 is 1.67 bits per heavy atom. The van der Waals surface area contributed by atoms with Crippen molar-refractivity contribution in [2.24, 2.45) is 0 Å². The Labute approximate surface area is 83.1 Å². The van der Waals surface area contributed by atoms with Gasteiger partial charge in [-0.1, -0.05) is 0 Å². The van der Waals surface area contributed by atoms with Gasteiger partial charge in [0, 0.05) is 0 Å². The Morgan fingerprint density at radius 1 is 1.50 bits per heavy atom. The molecular weight excluding hydrogens is 98.0 g/mol. The zero-order valence-corrected chi connectivity index (χ0v) is 8.69. The van der Waals surface area contributed by atoms with Gasteiger partial charge >= 0.3 is 59.1 Å². The van der Waals surface area contributed by atoms with Crippen molar-refractivity contribution in [3.8, 4) is 0 Å². The van der Waals surface area contributed by atoms with Crippen LogP contribution < -0.4 is 64.2 Å². The normalized spacial score (nSPS) is 5.00. The second-order valence-corrected chi connectivity index (χ2v) is 0.575. The third-order valence-electron chi connectivity index (χ3n) is 0.167. The molecule has 0 aliphatic rings. The summed E-state index contributed by atoms with van der Waals surface area (Å²) in [4.78, 5) is 0. The zero-order chi connectivity index (χ0) is 3.41. The first-order valence-corrected chi connectivity index (χ1v) is 1.27. The van der Waals surface area contributed by atoms with E-state index in [1.54, 1.807) is 13.3 Å². The van der Waals surface area contributed by atoms with Crippen LogP contribution in [0, 0.1) is 6.42 Å². The fraction of sp³-hybridized carbons (Fsp3) is 0.667. The minimum Gasteiger partial charge on any atom is -0.878 e. The number of rotatable bonds is 1. The molecule has 6 heavy (non-hydrogen) atoms. The van der Waals surface area contributed by atoms with Crippen LogP contribution in [0.25, 0.3) is 0 Å². The van der Waals surface area contributed by atoms with Gasteiger partial charge in [-0.25, -0.2) is 0 Å². The summed E-state index contributed by atoms with van der Waals surface area (Å²) >= 11 is 0. The van der Waals surface area contributed by atoms with E-state index in [1.165, 1.54) is 0 Å². The van der Waals surface area contributed by atoms with Gasteiger partial charge < -0.3 is 11.5 Å². The average molecular weight is 104 g/mol. The molecule has 1 nitrogen and oxygen atoms in total. The predicted octanol–water partition coefficient (Wildman–Crippen LogP) is -6.42. The minimum atomic E-state index is -0.0556. The molecule has 0 fully saturated rings. The van der Waals surface area contributed by atoms with Crippen LogP contribution in [0.15, 0.2) is 0 Å². The Kier molecular flexibility index (Phi) is 41.2. The maximum absolute atomic E-state index is 9.24. The van der Waals surface area contributed by atoms with Crippen molar-refractivity contribution in [3.63, 3.8) is 0 Å². The summed E-state index contributed by atoms with van der Waals surface area (Å²) in [6.45, 7) is 1.69. The molecule has 0 aliphatic heterocycles. The molecule has 0 bridgehead atoms. The van der Waals surface area contributed by atoms with E-state index in [0.717, 1.165) is 0 Å². The minimum absolute atomic E-state index is 0. The van der Waals surface area contributed by atoms with Crippen molar-refractivity contribution in [2.45, 2.75) is 6.92 Å². The Morgan fingerprint density at radius 2 is 1.67 bits per heavy atom. The summed E-state index contributed by atoms with van der Waals surface area (Å²) in [7, 11) is 0. The van der Waals surface area contributed by atoms with Gasteiger partial charge in [0.2, 0.25) is 0 Å². The van der Waals surface area contributed by atoms with Gasteiger partial charge in [0.25, 0.3) is 0 Å². The van der Waals surface area contributed by atoms with Gasteiger partial charge in [-0.15, -0.1) is 0 Å². The van der Waals surface area contributed by atoms with Crippen LogP contribution in [0.5, 0.6) is 0 Å². The van der Waals surface area contributed by atoms with Gasteiger partial charge in [0.15, 0.2) is 0 Å². The third kappa shape index (κ3) is 16.7. The van der Waals surface area contributed by atoms with Gasteiger partial charge in [-0.2, -0.15) is 6.92 Å². The smallest absolute Gasteiger partial charge is 0.878 e. The molecular formula is C3H6Na2O. The van der Waals surface area contributed by atoms with Gasteiger partial charge in [-0.05, 0) is 0 Å². The summed E-state index contributed by atoms with van der Waals surface area (Å²) in [5.74, 6) is 0. The molecule has 3 heteroatoms. The molecule has 0 saturated carbocycles. The molecule has 0 aliphatic carbocycles. The first-order chi connectivity index (χ1) is 1.91. The Bertz CT molecular complexity index is 10.8. The molecule has 0 aromatic rings. The Hall–Kier alpha value is 1.96. The largest absolute Gasteiger partial charge is 1.00 e. The maximum atomic E-state index is 9.24. The average Bonchev–Trinajstić information content (AvgIpc) is 1.37. The first kappa shape index (κ1) is 15.7. The van der Waals surface area contributed by atoms with Crippen molar-refractivity contribution in [1.82, 2.24) is 0 Å². The predicted molar refractivity (Wildman–Crippen MR) is 14.8 cm³/mol. The van der Waals surface area contributed by atoms with Crippen molar-refractivity contribution < 1.29 is 64.2 Å². The first-order valence-electron chi connectivity index (χ1n) is 1.27. The van der Waals surface area contributed by atoms with Crippen molar-refractivity contribution in [3.05, 3.63) is 6.42 Å². The zero-order valence-electron chi connectivity index (χ0n) is 4.69. The summed E-state index contributed by atoms with van der Waals surface area (Å²) in [5.41, 5.74) is 0. The monoisotopic (exact) mass is 104 g/mol. The summed E-state index contributed by atoms with van der Waals surface area (Å²) in [6, 6.07) is 0. The molecule has 0 amide bonds. The van der Waals surface area contributed by atoms with Crippen molar-refractivity contribution in [1.29, 1.82) is 0 Å². The maximum Gasteiger partial charge on any atom is 1.00 e. The van der Waals surface area contributed by atoms with Crippen LogP contribution in [0.4, 0.5) is 0 Å². The number of hydrogen-bond donors (Lipinski definition) is 0. The molecule has 0 N–H and O–H groups in total. The molecule has 0 spiro atoms. The van der Waals surface area contributed by atoms with Crippen molar-refractivity contribution >= 4 is 0 Å². The summed E-state index contributed by atoms with van der Waals surface area (Å²) in [6.07, 6.45) is 1.57. The standard InChI is InChI=1S/C3H6O.2Na/c1-2-3-4;;/h2H,3H2,1H3;;/q-2;2*+1. The fourth-order valence-electron chi connectivity index (χ4n) is 0. The topological polar surface area (TPSA) is 23.1 Å². The van der Waals surface area contributed by atoms with E-state index >= 15 is 0 Å². The van der Waals surface area contributed by atoms with E-state index in [1.807, 2.05) is 0 Å². The molecule has 26 valence electrons. The van der Waals surface area contributed by atoms with E-state index in [2.05, 4.69) is 0 Å². The van der Waals surface area contributed by atoms with E-state index in [9.17, 15) is 5.11 Å². The van der Waals surface area contributed by atoms with Gasteiger partial charge in [0.1, 0.15) is 0 Å². The van der Waals surface area contributed by atoms with Gasteiger partial charge in [0.05, 0.1) is 0 Å². The fourth-order valence-corrected chi connectivity index (χ4v) is 0. The van der Waals surface area contributed by atoms with E-state index in [-0.39, 0.29) is 65.7 Å². The molecule has 0 radical (unpaired) electrons. The van der Waals surface area contributed by atoms with E-state index in [0.29, 0.717) is 0 Å². The summed E-state index contributed by atoms with van der Waals surface area (Å²) in [5, 5.41) is 9.24. The molecule has 0 aromatic carbocycles. The SMILES string of the molecule is C[CH-]C[O-].[Na+].[Na+]. The molecule has 0 unspecified atom stereocenters. The van der Waals surface area contributed by atoms with Crippen LogP contribution in [0.3, 0.4) is 0 Å². The van der Waals surface area contributed by atoms with Crippen LogP contribution >= 0.6 is 0 Å². The van der Waals surface area contributed by atoms with Crippen LogP contribution in [-0.4, -0.2) is 6.61 Å². The number of hydrogen-bond acceptors (Lipinski definition) is 1. The van der Waals surface area contributed by atoms with Crippen LogP contribution in [0.2, 0.25) is 0 Å². The Balaban J connectivity index is -0.0000000450. The van der Waals surface area contributed by atoms with Crippen LogP contribution in [-0.2, 0) is 0 Å². The molecule has 0 rings (SSSR count). The molecule has 0 atom stereocenters.